The van der Waals surface area contributed by atoms with E-state index in [4.69, 9.17) is 21.1 Å². The number of nitrogens with zero attached hydrogens (tertiary/aromatic N) is 2. The number of aryl methyl sites for hydroxylation is 1. The number of para-hydroxylation sites is 1. The smallest absolute Gasteiger partial charge is 0.313 e. The third-order valence-corrected chi connectivity index (χ3v) is 9.92. The quantitative estimate of drug-likeness (QED) is 0.272. The van der Waals surface area contributed by atoms with Crippen LogP contribution in [0.3, 0.4) is 0 Å². The van der Waals surface area contributed by atoms with Gasteiger partial charge in [-0.25, -0.2) is 0 Å². The van der Waals surface area contributed by atoms with Gasteiger partial charge < -0.3 is 29.7 Å². The molecule has 5 bridgehead atoms. The number of ether oxygens (including phenoxy) is 2. The molecule has 0 aromatic heterocycles. The molecule has 10 nitrogen and oxygen atoms in total. The van der Waals surface area contributed by atoms with Gasteiger partial charge >= 0.3 is 5.97 Å². The van der Waals surface area contributed by atoms with Crippen molar-refractivity contribution < 1.29 is 33.8 Å². The van der Waals surface area contributed by atoms with E-state index in [1.54, 1.807) is 36.1 Å². The maximum atomic E-state index is 14.9. The Hall–Kier alpha value is -3.99. The van der Waals surface area contributed by atoms with E-state index in [0.717, 1.165) is 5.56 Å². The summed E-state index contributed by atoms with van der Waals surface area (Å²) in [5.74, 6) is -3.64. The molecule has 7 atom stereocenters. The van der Waals surface area contributed by atoms with Crippen molar-refractivity contribution in [3.8, 4) is 0 Å². The van der Waals surface area contributed by atoms with Crippen molar-refractivity contribution in [3.63, 3.8) is 0 Å². The summed E-state index contributed by atoms with van der Waals surface area (Å²) in [4.78, 5) is 59.6. The Bertz CT molecular complexity index is 1580. The number of allylic oxidation sites excluding steroid dienone is 1. The number of anilines is 1. The molecule has 0 radical (unpaired) electrons. The topological polar surface area (TPSA) is 125 Å². The maximum Gasteiger partial charge on any atom is 0.313 e. The lowest BCUT2D eigenvalue weighted by Gasteiger charge is -2.36. The summed E-state index contributed by atoms with van der Waals surface area (Å²) < 4.78 is 12.7. The monoisotopic (exact) mass is 661 g/mol. The predicted molar refractivity (Wildman–Crippen MR) is 175 cm³/mol. The lowest BCUT2D eigenvalue weighted by atomic mass is 9.74. The van der Waals surface area contributed by atoms with Crippen LogP contribution in [0.4, 0.5) is 5.69 Å². The summed E-state index contributed by atoms with van der Waals surface area (Å²) in [6.45, 7) is 3.91. The molecule has 0 aliphatic carbocycles. The first-order chi connectivity index (χ1) is 22.7. The van der Waals surface area contributed by atoms with Gasteiger partial charge in [0.25, 0.3) is 5.91 Å². The molecule has 11 heteroatoms. The van der Waals surface area contributed by atoms with Crippen LogP contribution in [0.5, 0.6) is 0 Å². The molecular formula is C36H40ClN3O7. The lowest BCUT2D eigenvalue weighted by molar-refractivity contribution is -0.161. The van der Waals surface area contributed by atoms with Gasteiger partial charge in [-0.2, -0.15) is 0 Å². The van der Waals surface area contributed by atoms with Crippen LogP contribution in [-0.4, -0.2) is 77.2 Å². The molecule has 2 saturated heterocycles. The van der Waals surface area contributed by atoms with E-state index in [2.05, 4.69) is 5.32 Å². The van der Waals surface area contributed by atoms with Crippen molar-refractivity contribution in [2.24, 2.45) is 11.8 Å². The van der Waals surface area contributed by atoms with Crippen molar-refractivity contribution in [1.82, 2.24) is 10.2 Å². The number of cyclic esters (lactones) is 1. The van der Waals surface area contributed by atoms with E-state index in [9.17, 15) is 24.3 Å². The van der Waals surface area contributed by atoms with Crippen LogP contribution in [-0.2, 0) is 28.7 Å². The minimum absolute atomic E-state index is 0.0615. The fraction of sp³-hybridized carbons (Fsp3) is 0.444. The summed E-state index contributed by atoms with van der Waals surface area (Å²) in [5, 5.41) is 12.9. The Morgan fingerprint density at radius 2 is 1.81 bits per heavy atom. The molecule has 2 aromatic carbocycles. The standard InChI is InChI=1S/C36H40ClN3O7/c1-22-12-11-15-25(37)30(22)39-19-8-4-7-16-27(42)38-23(2)31(24-13-5-3-6-14-24)46-35(45)28-26-17-18-36(47-26)29(28)33(43)40(20-9-10-21-41)32(36)34(39)44/h3-6,8,11-15,17-18,23,26,28-29,31-32,41H,7,9-10,16,19-21H2,1-2H3,(H,38,42)/b8-4-/t23-,26+,28-,29-,31+,32+,36-/m0/s1. The van der Waals surface area contributed by atoms with Crippen molar-refractivity contribution >= 4 is 41.0 Å². The predicted octanol–water partition coefficient (Wildman–Crippen LogP) is 4.04. The molecule has 3 amide bonds. The molecule has 1 spiro atoms. The number of unbranched alkanes of at least 4 members (excludes halogenated alkanes) is 1. The molecule has 47 heavy (non-hydrogen) atoms. The number of likely N-dealkylation sites (tertiary alicyclic amines) is 1. The number of aliphatic hydroxyl groups excluding tert-OH is 1. The summed E-state index contributed by atoms with van der Waals surface area (Å²) in [7, 11) is 0. The maximum absolute atomic E-state index is 14.9. The lowest BCUT2D eigenvalue weighted by Crippen LogP contribution is -2.56. The number of hydrogen-bond donors (Lipinski definition) is 2. The Morgan fingerprint density at radius 1 is 1.02 bits per heavy atom. The Balaban J connectivity index is 1.46. The Kier molecular flexibility index (Phi) is 9.55. The largest absolute Gasteiger partial charge is 0.455 e. The number of carbonyl (C=O) groups excluding carboxylic acids is 4. The molecule has 2 fully saturated rings. The minimum Gasteiger partial charge on any atom is -0.455 e. The third kappa shape index (κ3) is 5.98. The third-order valence-electron chi connectivity index (χ3n) is 9.62. The summed E-state index contributed by atoms with van der Waals surface area (Å²) in [5.41, 5.74) is 0.566. The number of nitrogens with one attached hydrogen (secondary N) is 1. The van der Waals surface area contributed by atoms with Gasteiger partial charge in [0, 0.05) is 26.1 Å². The second-order valence-electron chi connectivity index (χ2n) is 12.7. The van der Waals surface area contributed by atoms with Crippen LogP contribution in [0.2, 0.25) is 5.02 Å². The van der Waals surface area contributed by atoms with Gasteiger partial charge in [0.15, 0.2) is 0 Å². The van der Waals surface area contributed by atoms with Crippen LogP contribution in [0.25, 0.3) is 0 Å². The van der Waals surface area contributed by atoms with Crippen molar-refractivity contribution in [1.29, 1.82) is 0 Å². The molecule has 0 unspecified atom stereocenters. The Labute approximate surface area is 279 Å². The zero-order valence-electron chi connectivity index (χ0n) is 26.5. The van der Waals surface area contributed by atoms with Gasteiger partial charge in [-0.05, 0) is 50.3 Å². The highest BCUT2D eigenvalue weighted by Crippen LogP contribution is 2.56. The highest BCUT2D eigenvalue weighted by Gasteiger charge is 2.73. The fourth-order valence-electron chi connectivity index (χ4n) is 7.47. The SMILES string of the molecule is Cc1cccc(Cl)c1N1C/C=C\CCC(=O)N[C@@H](C)[C@H](c2ccccc2)OC(=O)[C@@H]2[C@H]3C(=O)N(CCCCO)[C@H](C1=O)[C@]31C=C[C@H]2O1. The van der Waals surface area contributed by atoms with Crippen LogP contribution >= 0.6 is 11.6 Å². The normalized spacial score (nSPS) is 31.6. The fourth-order valence-corrected chi connectivity index (χ4v) is 7.80. The molecule has 2 aromatic rings. The first kappa shape index (κ1) is 32.9. The number of carbonyl (C=O) groups is 4. The second kappa shape index (κ2) is 13.6. The van der Waals surface area contributed by atoms with Crippen LogP contribution in [0, 0.1) is 18.8 Å². The highest BCUT2D eigenvalue weighted by atomic mass is 35.5. The first-order valence-electron chi connectivity index (χ1n) is 16.2. The molecule has 6 rings (SSSR count). The summed E-state index contributed by atoms with van der Waals surface area (Å²) in [6, 6.07) is 12.9. The molecular weight excluding hydrogens is 622 g/mol. The Morgan fingerprint density at radius 3 is 2.55 bits per heavy atom. The van der Waals surface area contributed by atoms with Crippen LogP contribution in [0.1, 0.15) is 49.8 Å². The molecule has 2 N–H and O–H groups in total. The van der Waals surface area contributed by atoms with E-state index >= 15 is 0 Å². The molecule has 4 aliphatic rings. The minimum atomic E-state index is -1.41. The van der Waals surface area contributed by atoms with E-state index in [0.29, 0.717) is 35.5 Å². The van der Waals surface area contributed by atoms with Crippen LogP contribution < -0.4 is 10.2 Å². The second-order valence-corrected chi connectivity index (χ2v) is 13.1. The van der Waals surface area contributed by atoms with Crippen LogP contribution in [0.15, 0.2) is 72.8 Å². The van der Waals surface area contributed by atoms with E-state index < -0.39 is 53.6 Å². The van der Waals surface area contributed by atoms with Crippen molar-refractivity contribution in [2.45, 2.75) is 69.4 Å². The van der Waals surface area contributed by atoms with Gasteiger partial charge in [0.1, 0.15) is 23.7 Å². The number of amides is 3. The van der Waals surface area contributed by atoms with E-state index in [1.165, 1.54) is 4.90 Å². The van der Waals surface area contributed by atoms with Gasteiger partial charge in [-0.15, -0.1) is 0 Å². The number of halogens is 1. The van der Waals surface area contributed by atoms with Gasteiger partial charge in [-0.1, -0.05) is 78.4 Å². The molecule has 248 valence electrons. The van der Waals surface area contributed by atoms with E-state index in [-0.39, 0.29) is 37.9 Å². The first-order valence-corrected chi connectivity index (χ1v) is 16.6. The van der Waals surface area contributed by atoms with E-state index in [1.807, 2.05) is 55.5 Å². The molecule has 4 aliphatic heterocycles. The zero-order chi connectivity index (χ0) is 33.3. The highest BCUT2D eigenvalue weighted by molar-refractivity contribution is 6.34. The average molecular weight is 662 g/mol. The average Bonchev–Trinajstić information content (AvgIpc) is 3.69. The zero-order valence-corrected chi connectivity index (χ0v) is 27.3. The molecule has 4 heterocycles. The van der Waals surface area contributed by atoms with Gasteiger partial charge in [0.2, 0.25) is 11.8 Å². The van der Waals surface area contributed by atoms with Crippen molar-refractivity contribution in [3.05, 3.63) is 89.0 Å². The number of rotatable bonds is 6. The number of esters is 1. The number of aliphatic hydroxyl groups is 1. The van der Waals surface area contributed by atoms with Gasteiger partial charge in [-0.3, -0.25) is 19.2 Å². The van der Waals surface area contributed by atoms with Crippen molar-refractivity contribution in [2.75, 3.05) is 24.6 Å². The summed E-state index contributed by atoms with van der Waals surface area (Å²) >= 11 is 6.71. The summed E-state index contributed by atoms with van der Waals surface area (Å²) in [6.07, 6.45) is 7.06. The van der Waals surface area contributed by atoms with Gasteiger partial charge in [0.05, 0.1) is 28.8 Å². The number of fused-ring (bicyclic) bond motifs is 2. The number of hydrogen-bond acceptors (Lipinski definition) is 7. The molecule has 0 saturated carbocycles. The number of benzene rings is 2.